The number of nitrogens with zero attached hydrogens (tertiary/aromatic N) is 3. The molecule has 5 rings (SSSR count). The first-order chi connectivity index (χ1) is 15.1. The fraction of sp³-hybridized carbons (Fsp3) is 0.280. The summed E-state index contributed by atoms with van der Waals surface area (Å²) < 4.78 is 11.8. The van der Waals surface area contributed by atoms with E-state index in [-0.39, 0.29) is 6.10 Å². The van der Waals surface area contributed by atoms with Crippen LogP contribution in [0.2, 0.25) is 0 Å². The number of hydrogen-bond acceptors (Lipinski definition) is 6. The summed E-state index contributed by atoms with van der Waals surface area (Å²) in [5.74, 6) is 4.41. The highest BCUT2D eigenvalue weighted by atomic mass is 16.5. The van der Waals surface area contributed by atoms with E-state index in [1.54, 1.807) is 0 Å². The van der Waals surface area contributed by atoms with Gasteiger partial charge < -0.3 is 14.5 Å². The van der Waals surface area contributed by atoms with Crippen molar-refractivity contribution in [2.45, 2.75) is 32.5 Å². The molecule has 4 aromatic rings. The van der Waals surface area contributed by atoms with Crippen molar-refractivity contribution in [2.75, 3.05) is 18.9 Å². The zero-order valence-corrected chi connectivity index (χ0v) is 17.8. The van der Waals surface area contributed by atoms with Crippen LogP contribution in [0.25, 0.3) is 10.9 Å². The predicted octanol–water partition coefficient (Wildman–Crippen LogP) is 4.58. The van der Waals surface area contributed by atoms with Crippen LogP contribution >= 0.6 is 0 Å². The van der Waals surface area contributed by atoms with Gasteiger partial charge in [0.15, 0.2) is 0 Å². The van der Waals surface area contributed by atoms with E-state index < -0.39 is 0 Å². The summed E-state index contributed by atoms with van der Waals surface area (Å²) >= 11 is 0. The standard InChI is InChI=1S/C25H26N4O2/c1-17-11-12-19(30-17)14-26-25-21-8-4-5-9-22(21)27-24(28-25)16-29(2)15-20-13-18-7-3-6-10-23(18)31-20/h3-12,20H,13-16H2,1-2H3,(H,26,27,28). The molecule has 1 atom stereocenters. The molecular weight excluding hydrogens is 388 g/mol. The Labute approximate surface area is 181 Å². The monoisotopic (exact) mass is 414 g/mol. The number of likely N-dealkylation sites (N-methyl/N-ethyl adjacent to an activating group) is 1. The van der Waals surface area contributed by atoms with Crippen molar-refractivity contribution in [2.24, 2.45) is 0 Å². The molecule has 0 amide bonds. The van der Waals surface area contributed by atoms with Crippen LogP contribution in [0.1, 0.15) is 22.9 Å². The van der Waals surface area contributed by atoms with Crippen molar-refractivity contribution < 1.29 is 9.15 Å². The molecule has 6 nitrogen and oxygen atoms in total. The Balaban J connectivity index is 1.30. The Morgan fingerprint density at radius 3 is 2.71 bits per heavy atom. The Morgan fingerprint density at radius 1 is 1.03 bits per heavy atom. The lowest BCUT2D eigenvalue weighted by Crippen LogP contribution is -2.32. The van der Waals surface area contributed by atoms with Crippen LogP contribution in [-0.2, 0) is 19.5 Å². The number of aromatic nitrogens is 2. The minimum absolute atomic E-state index is 0.155. The summed E-state index contributed by atoms with van der Waals surface area (Å²) in [5.41, 5.74) is 2.21. The second-order valence-corrected chi connectivity index (χ2v) is 8.12. The van der Waals surface area contributed by atoms with E-state index >= 15 is 0 Å². The van der Waals surface area contributed by atoms with E-state index in [1.165, 1.54) is 5.56 Å². The largest absolute Gasteiger partial charge is 0.488 e. The molecule has 1 aliphatic rings. The number of hydrogen-bond donors (Lipinski definition) is 1. The van der Waals surface area contributed by atoms with Gasteiger partial charge in [-0.15, -0.1) is 0 Å². The minimum Gasteiger partial charge on any atom is -0.488 e. The molecule has 158 valence electrons. The molecule has 0 bridgehead atoms. The molecule has 3 heterocycles. The normalized spacial score (nSPS) is 15.3. The fourth-order valence-electron chi connectivity index (χ4n) is 4.09. The number of benzene rings is 2. The lowest BCUT2D eigenvalue weighted by atomic mass is 10.1. The summed E-state index contributed by atoms with van der Waals surface area (Å²) in [6, 6.07) is 20.3. The van der Waals surface area contributed by atoms with Crippen molar-refractivity contribution in [1.82, 2.24) is 14.9 Å². The van der Waals surface area contributed by atoms with Crippen LogP contribution < -0.4 is 10.1 Å². The Bertz CT molecular complexity index is 1180. The van der Waals surface area contributed by atoms with Gasteiger partial charge in [-0.25, -0.2) is 9.97 Å². The van der Waals surface area contributed by atoms with Crippen LogP contribution in [0.4, 0.5) is 5.82 Å². The summed E-state index contributed by atoms with van der Waals surface area (Å²) in [4.78, 5) is 11.8. The summed E-state index contributed by atoms with van der Waals surface area (Å²) in [6.45, 7) is 4.00. The van der Waals surface area contributed by atoms with Crippen LogP contribution in [0.3, 0.4) is 0 Å². The van der Waals surface area contributed by atoms with Crippen LogP contribution in [0.15, 0.2) is 65.1 Å². The zero-order valence-electron chi connectivity index (χ0n) is 17.8. The number of ether oxygens (including phenoxy) is 1. The maximum absolute atomic E-state index is 6.09. The molecule has 0 aliphatic carbocycles. The lowest BCUT2D eigenvalue weighted by Gasteiger charge is -2.20. The minimum atomic E-state index is 0.155. The van der Waals surface area contributed by atoms with Gasteiger partial charge in [-0.3, -0.25) is 4.90 Å². The highest BCUT2D eigenvalue weighted by molar-refractivity contribution is 5.88. The fourth-order valence-corrected chi connectivity index (χ4v) is 4.09. The highest BCUT2D eigenvalue weighted by Gasteiger charge is 2.23. The number of para-hydroxylation sites is 2. The third-order valence-corrected chi connectivity index (χ3v) is 5.52. The molecule has 0 fully saturated rings. The molecular formula is C25H26N4O2. The van der Waals surface area contributed by atoms with E-state index in [1.807, 2.05) is 55.5 Å². The maximum Gasteiger partial charge on any atom is 0.145 e. The lowest BCUT2D eigenvalue weighted by molar-refractivity contribution is 0.163. The average molecular weight is 415 g/mol. The molecule has 0 radical (unpaired) electrons. The zero-order chi connectivity index (χ0) is 21.2. The Hall–Kier alpha value is -3.38. The van der Waals surface area contributed by atoms with Crippen LogP contribution in [0, 0.1) is 6.92 Å². The van der Waals surface area contributed by atoms with E-state index in [2.05, 4.69) is 29.4 Å². The van der Waals surface area contributed by atoms with Crippen molar-refractivity contribution >= 4 is 16.7 Å². The smallest absolute Gasteiger partial charge is 0.145 e. The Kier molecular flexibility index (Phi) is 5.30. The average Bonchev–Trinajstić information content (AvgIpc) is 3.37. The number of nitrogens with one attached hydrogen (secondary N) is 1. The van der Waals surface area contributed by atoms with Gasteiger partial charge in [-0.2, -0.15) is 0 Å². The molecule has 0 saturated heterocycles. The van der Waals surface area contributed by atoms with Gasteiger partial charge in [0.25, 0.3) is 0 Å². The van der Waals surface area contributed by atoms with Gasteiger partial charge in [0, 0.05) is 18.4 Å². The number of aryl methyl sites for hydroxylation is 1. The molecule has 0 saturated carbocycles. The van der Waals surface area contributed by atoms with E-state index in [4.69, 9.17) is 19.1 Å². The second kappa shape index (κ2) is 8.40. The summed E-state index contributed by atoms with van der Waals surface area (Å²) in [7, 11) is 2.09. The first-order valence-corrected chi connectivity index (χ1v) is 10.6. The Morgan fingerprint density at radius 2 is 1.87 bits per heavy atom. The third-order valence-electron chi connectivity index (χ3n) is 5.52. The quantitative estimate of drug-likeness (QED) is 0.478. The number of furan rings is 1. The molecule has 2 aromatic heterocycles. The van der Waals surface area contributed by atoms with Gasteiger partial charge in [-0.1, -0.05) is 30.3 Å². The van der Waals surface area contributed by atoms with Gasteiger partial charge in [0.05, 0.1) is 18.6 Å². The molecule has 0 spiro atoms. The van der Waals surface area contributed by atoms with Gasteiger partial charge in [-0.05, 0) is 49.9 Å². The predicted molar refractivity (Wildman–Crippen MR) is 121 cm³/mol. The molecule has 1 aliphatic heterocycles. The number of anilines is 1. The molecule has 1 unspecified atom stereocenters. The topological polar surface area (TPSA) is 63.4 Å². The third kappa shape index (κ3) is 4.39. The molecule has 31 heavy (non-hydrogen) atoms. The molecule has 6 heteroatoms. The highest BCUT2D eigenvalue weighted by Crippen LogP contribution is 2.28. The second-order valence-electron chi connectivity index (χ2n) is 8.12. The molecule has 1 N–H and O–H groups in total. The first-order valence-electron chi connectivity index (χ1n) is 10.6. The molecule has 2 aromatic carbocycles. The van der Waals surface area contributed by atoms with E-state index in [9.17, 15) is 0 Å². The number of fused-ring (bicyclic) bond motifs is 2. The first kappa shape index (κ1) is 19.6. The summed E-state index contributed by atoms with van der Waals surface area (Å²) in [6.07, 6.45) is 1.09. The van der Waals surface area contributed by atoms with Crippen LogP contribution in [0.5, 0.6) is 5.75 Å². The van der Waals surface area contributed by atoms with Crippen molar-refractivity contribution in [3.8, 4) is 5.75 Å². The van der Waals surface area contributed by atoms with Crippen molar-refractivity contribution in [1.29, 1.82) is 0 Å². The van der Waals surface area contributed by atoms with Gasteiger partial charge in [0.2, 0.25) is 0 Å². The maximum atomic E-state index is 6.09. The van der Waals surface area contributed by atoms with Crippen LogP contribution in [-0.4, -0.2) is 34.6 Å². The van der Waals surface area contributed by atoms with Crippen molar-refractivity contribution in [3.63, 3.8) is 0 Å². The van der Waals surface area contributed by atoms with E-state index in [0.29, 0.717) is 13.1 Å². The van der Waals surface area contributed by atoms with E-state index in [0.717, 1.165) is 52.8 Å². The summed E-state index contributed by atoms with van der Waals surface area (Å²) in [5, 5.41) is 4.43. The van der Waals surface area contributed by atoms with Gasteiger partial charge >= 0.3 is 0 Å². The van der Waals surface area contributed by atoms with Crippen molar-refractivity contribution in [3.05, 3.63) is 83.6 Å². The SMILES string of the molecule is Cc1ccc(CNc2nc(CN(C)CC3Cc4ccccc4O3)nc3ccccc23)o1. The number of rotatable bonds is 7. The van der Waals surface area contributed by atoms with Gasteiger partial charge in [0.1, 0.15) is 35.0 Å².